The molecule has 4 nitrogen and oxygen atoms in total. The number of urea groups is 1. The van der Waals surface area contributed by atoms with E-state index in [1.54, 1.807) is 24.3 Å². The minimum atomic E-state index is -4.18. The van der Waals surface area contributed by atoms with Gasteiger partial charge in [0.05, 0.1) is 17.6 Å². The highest BCUT2D eigenvalue weighted by Gasteiger charge is 2.64. The Kier molecular flexibility index (Phi) is 3.71. The first-order chi connectivity index (χ1) is 10.8. The van der Waals surface area contributed by atoms with Gasteiger partial charge >= 0.3 is 12.2 Å². The first-order valence-electron chi connectivity index (χ1n) is 7.43. The van der Waals surface area contributed by atoms with Gasteiger partial charge in [0.2, 0.25) is 0 Å². The smallest absolute Gasteiger partial charge is 0.334 e. The Morgan fingerprint density at radius 2 is 2.09 bits per heavy atom. The van der Waals surface area contributed by atoms with Crippen molar-refractivity contribution in [1.29, 1.82) is 5.26 Å². The fourth-order valence-electron chi connectivity index (χ4n) is 3.74. The van der Waals surface area contributed by atoms with Crippen LogP contribution in [0.2, 0.25) is 0 Å². The number of nitriles is 1. The molecular weight excluding hydrogens is 307 g/mol. The Hall–Kier alpha value is -2.23. The summed E-state index contributed by atoms with van der Waals surface area (Å²) in [5.41, 5.74) is 0.556. The highest BCUT2D eigenvalue weighted by Crippen LogP contribution is 2.60. The van der Waals surface area contributed by atoms with Gasteiger partial charge in [0.15, 0.2) is 0 Å². The lowest BCUT2D eigenvalue weighted by molar-refractivity contribution is -0.180. The molecule has 1 aromatic rings. The Morgan fingerprint density at radius 1 is 1.35 bits per heavy atom. The Bertz CT molecular complexity index is 659. The number of hydrogen-bond acceptors (Lipinski definition) is 2. The van der Waals surface area contributed by atoms with E-state index in [2.05, 4.69) is 10.6 Å². The van der Waals surface area contributed by atoms with Crippen LogP contribution in [0.3, 0.4) is 0 Å². The van der Waals surface area contributed by atoms with Crippen LogP contribution < -0.4 is 10.6 Å². The van der Waals surface area contributed by atoms with Crippen LogP contribution >= 0.6 is 0 Å². The van der Waals surface area contributed by atoms with Crippen molar-refractivity contribution in [1.82, 2.24) is 10.6 Å². The second kappa shape index (κ2) is 5.44. The van der Waals surface area contributed by atoms with Crippen LogP contribution in [0.25, 0.3) is 0 Å². The van der Waals surface area contributed by atoms with Crippen LogP contribution in [0, 0.1) is 23.2 Å². The molecule has 0 aromatic heterocycles. The molecule has 4 rings (SSSR count). The first kappa shape index (κ1) is 15.7. The van der Waals surface area contributed by atoms with Crippen LogP contribution in [-0.2, 0) is 6.54 Å². The van der Waals surface area contributed by atoms with Crippen LogP contribution in [0.4, 0.5) is 18.0 Å². The summed E-state index contributed by atoms with van der Waals surface area (Å²) in [5, 5.41) is 14.2. The number of rotatable bonds is 3. The van der Waals surface area contributed by atoms with E-state index < -0.39 is 23.7 Å². The number of halogens is 3. The van der Waals surface area contributed by atoms with Crippen molar-refractivity contribution in [2.75, 3.05) is 0 Å². The van der Waals surface area contributed by atoms with Crippen molar-refractivity contribution in [3.63, 3.8) is 0 Å². The average Bonchev–Trinajstić information content (AvgIpc) is 3.01. The Balaban J connectivity index is 1.52. The van der Waals surface area contributed by atoms with E-state index in [0.717, 1.165) is 5.56 Å². The molecule has 3 aliphatic carbocycles. The molecule has 7 heteroatoms. The molecule has 122 valence electrons. The van der Waals surface area contributed by atoms with E-state index in [1.165, 1.54) is 0 Å². The molecule has 0 aliphatic heterocycles. The van der Waals surface area contributed by atoms with E-state index in [0.29, 0.717) is 18.4 Å². The van der Waals surface area contributed by atoms with E-state index in [1.807, 2.05) is 6.07 Å². The maximum absolute atomic E-state index is 12.8. The van der Waals surface area contributed by atoms with Crippen LogP contribution in [0.15, 0.2) is 24.3 Å². The van der Waals surface area contributed by atoms with Crippen LogP contribution in [-0.4, -0.2) is 17.7 Å². The molecule has 3 aliphatic rings. The van der Waals surface area contributed by atoms with E-state index in [9.17, 15) is 18.0 Å². The van der Waals surface area contributed by atoms with Gasteiger partial charge in [-0.3, -0.25) is 0 Å². The van der Waals surface area contributed by atoms with Gasteiger partial charge < -0.3 is 10.6 Å². The Morgan fingerprint density at radius 3 is 2.70 bits per heavy atom. The number of carbonyl (C=O) groups is 1. The minimum absolute atomic E-state index is 0.0293. The molecule has 0 saturated heterocycles. The number of nitrogens with one attached hydrogen (secondary N) is 2. The first-order valence-corrected chi connectivity index (χ1v) is 7.43. The van der Waals surface area contributed by atoms with Gasteiger partial charge in [-0.05, 0) is 42.9 Å². The lowest BCUT2D eigenvalue weighted by Crippen LogP contribution is -2.54. The molecule has 0 unspecified atom stereocenters. The monoisotopic (exact) mass is 323 g/mol. The number of benzene rings is 1. The standard InChI is InChI=1S/C16H16F3N3O/c17-16(18,19)13-7-15(5-12(13)6-15)22-14(23)21-9-11-3-1-2-10(4-11)8-20/h1-4,12-13H,5-7,9H2,(H2,21,22,23)/t12?,13-,15?/m0/s1. The summed E-state index contributed by atoms with van der Waals surface area (Å²) < 4.78 is 38.5. The molecule has 1 atom stereocenters. The molecule has 0 heterocycles. The summed E-state index contributed by atoms with van der Waals surface area (Å²) >= 11 is 0. The molecule has 2 amide bonds. The molecule has 0 radical (unpaired) electrons. The summed E-state index contributed by atoms with van der Waals surface area (Å²) in [5.74, 6) is -1.65. The van der Waals surface area contributed by atoms with Crippen molar-refractivity contribution < 1.29 is 18.0 Å². The molecule has 23 heavy (non-hydrogen) atoms. The fraction of sp³-hybridized carbons (Fsp3) is 0.500. The third-order valence-corrected chi connectivity index (χ3v) is 4.79. The predicted octanol–water partition coefficient (Wildman–Crippen LogP) is 3.09. The molecule has 2 N–H and O–H groups in total. The van der Waals surface area contributed by atoms with Crippen LogP contribution in [0.1, 0.15) is 30.4 Å². The van der Waals surface area contributed by atoms with Crippen molar-refractivity contribution in [2.45, 2.75) is 37.5 Å². The number of alkyl halides is 3. The highest BCUT2D eigenvalue weighted by atomic mass is 19.4. The number of amides is 2. The summed E-state index contributed by atoms with van der Waals surface area (Å²) in [6.45, 7) is 0.226. The number of carbonyl (C=O) groups excluding carboxylic acids is 1. The Labute approximate surface area is 131 Å². The third kappa shape index (κ3) is 3.11. The van der Waals surface area contributed by atoms with Gasteiger partial charge in [-0.15, -0.1) is 0 Å². The van der Waals surface area contributed by atoms with E-state index in [4.69, 9.17) is 5.26 Å². The van der Waals surface area contributed by atoms with Gasteiger partial charge in [0, 0.05) is 12.1 Å². The summed E-state index contributed by atoms with van der Waals surface area (Å²) in [4.78, 5) is 11.9. The SMILES string of the molecule is N#Cc1cccc(CNC(=O)NC23CC(C2)[C@@H](C(F)(F)F)C3)c1. The normalized spacial score (nSPS) is 28.6. The highest BCUT2D eigenvalue weighted by molar-refractivity contribution is 5.75. The lowest BCUT2D eigenvalue weighted by Gasteiger charge is -2.39. The maximum atomic E-state index is 12.8. The van der Waals surface area contributed by atoms with Crippen molar-refractivity contribution >= 4 is 6.03 Å². The van der Waals surface area contributed by atoms with E-state index >= 15 is 0 Å². The minimum Gasteiger partial charge on any atom is -0.334 e. The molecule has 3 saturated carbocycles. The zero-order valence-corrected chi connectivity index (χ0v) is 12.3. The fourth-order valence-corrected chi connectivity index (χ4v) is 3.74. The third-order valence-electron chi connectivity index (χ3n) is 4.79. The molecule has 3 fully saturated rings. The summed E-state index contributed by atoms with van der Waals surface area (Å²) in [6, 6.07) is 8.35. The van der Waals surface area contributed by atoms with Crippen molar-refractivity contribution in [3.8, 4) is 6.07 Å². The van der Waals surface area contributed by atoms with Crippen molar-refractivity contribution in [3.05, 3.63) is 35.4 Å². The second-order valence-corrected chi connectivity index (χ2v) is 6.42. The van der Waals surface area contributed by atoms with Crippen molar-refractivity contribution in [2.24, 2.45) is 11.8 Å². The van der Waals surface area contributed by atoms with Gasteiger partial charge in [0.1, 0.15) is 0 Å². The zero-order valence-electron chi connectivity index (χ0n) is 12.3. The zero-order chi connectivity index (χ0) is 16.7. The van der Waals surface area contributed by atoms with Gasteiger partial charge in [-0.25, -0.2) is 4.79 Å². The number of hydrogen-bond donors (Lipinski definition) is 2. The summed E-state index contributed by atoms with van der Waals surface area (Å²) in [6.07, 6.45) is -3.42. The second-order valence-electron chi connectivity index (χ2n) is 6.42. The largest absolute Gasteiger partial charge is 0.392 e. The predicted molar refractivity (Wildman–Crippen MR) is 76.1 cm³/mol. The maximum Gasteiger partial charge on any atom is 0.392 e. The number of fused-ring (bicyclic) bond motifs is 1. The topological polar surface area (TPSA) is 64.9 Å². The molecule has 1 aromatic carbocycles. The van der Waals surface area contributed by atoms with Gasteiger partial charge in [-0.1, -0.05) is 12.1 Å². The van der Waals surface area contributed by atoms with Crippen LogP contribution in [0.5, 0.6) is 0 Å². The quantitative estimate of drug-likeness (QED) is 0.898. The summed E-state index contributed by atoms with van der Waals surface area (Å²) in [7, 11) is 0. The van der Waals surface area contributed by atoms with Gasteiger partial charge in [-0.2, -0.15) is 18.4 Å². The van der Waals surface area contributed by atoms with E-state index in [-0.39, 0.29) is 18.9 Å². The van der Waals surface area contributed by atoms with Gasteiger partial charge in [0.25, 0.3) is 0 Å². The average molecular weight is 323 g/mol. The lowest BCUT2D eigenvalue weighted by atomic mass is 9.76. The molecule has 2 bridgehead atoms. The molecular formula is C16H16F3N3O. The molecule has 0 spiro atoms. The number of nitrogens with zero attached hydrogens (tertiary/aromatic N) is 1.